The molecule has 1 aromatic carbocycles. The monoisotopic (exact) mass is 337 g/mol. The number of rotatable bonds is 3. The number of H-pyrrole nitrogens is 1. The molecule has 1 aliphatic rings. The lowest BCUT2D eigenvalue weighted by Crippen LogP contribution is -2.42. The molecule has 0 unspecified atom stereocenters. The van der Waals surface area contributed by atoms with Gasteiger partial charge in [-0.2, -0.15) is 5.10 Å². The summed E-state index contributed by atoms with van der Waals surface area (Å²) in [6, 6.07) is 4.66. The first-order valence-corrected chi connectivity index (χ1v) is 7.41. The van der Waals surface area contributed by atoms with Gasteiger partial charge in [-0.05, 0) is 31.0 Å². The van der Waals surface area contributed by atoms with E-state index in [1.54, 1.807) is 12.1 Å². The molecule has 0 bridgehead atoms. The van der Waals surface area contributed by atoms with Gasteiger partial charge in [0, 0.05) is 10.9 Å². The molecule has 6 nitrogen and oxygen atoms in total. The Kier molecular flexibility index (Phi) is 3.80. The first kappa shape index (κ1) is 14.9. The number of halogens is 2. The Hall–Kier alpha value is -2.05. The van der Waals surface area contributed by atoms with Crippen molar-refractivity contribution < 1.29 is 4.79 Å². The Bertz CT molecular complexity index is 753. The molecule has 1 saturated carbocycles. The van der Waals surface area contributed by atoms with E-state index in [1.807, 2.05) is 0 Å². The molecule has 0 saturated heterocycles. The molecule has 4 N–H and O–H groups in total. The SMILES string of the molecule is N=C(N)N(C(=O)c1cn[nH]c1C1CC1)c1cc(Cl)ccc1Cl. The van der Waals surface area contributed by atoms with Gasteiger partial charge in [0.1, 0.15) is 0 Å². The van der Waals surface area contributed by atoms with E-state index >= 15 is 0 Å². The minimum Gasteiger partial charge on any atom is -0.369 e. The molecule has 1 fully saturated rings. The summed E-state index contributed by atoms with van der Waals surface area (Å²) in [5.74, 6) is -0.575. The Labute approximate surface area is 136 Å². The summed E-state index contributed by atoms with van der Waals surface area (Å²) in [5, 5.41) is 15.2. The van der Waals surface area contributed by atoms with Crippen LogP contribution in [0, 0.1) is 5.41 Å². The smallest absolute Gasteiger partial charge is 0.268 e. The van der Waals surface area contributed by atoms with Crippen LogP contribution in [0.15, 0.2) is 24.4 Å². The molecule has 3 rings (SSSR count). The van der Waals surface area contributed by atoms with E-state index in [-0.39, 0.29) is 10.7 Å². The molecule has 114 valence electrons. The first-order chi connectivity index (χ1) is 10.5. The number of hydrogen-bond acceptors (Lipinski definition) is 3. The van der Waals surface area contributed by atoms with Crippen molar-refractivity contribution in [3.05, 3.63) is 45.7 Å². The highest BCUT2D eigenvalue weighted by Gasteiger charge is 2.33. The lowest BCUT2D eigenvalue weighted by molar-refractivity contribution is 0.100. The van der Waals surface area contributed by atoms with Gasteiger partial charge in [0.2, 0.25) is 0 Å². The van der Waals surface area contributed by atoms with Crippen LogP contribution in [0.2, 0.25) is 10.0 Å². The summed E-state index contributed by atoms with van der Waals surface area (Å²) in [4.78, 5) is 13.8. The van der Waals surface area contributed by atoms with Gasteiger partial charge < -0.3 is 5.73 Å². The predicted molar refractivity (Wildman–Crippen MR) is 85.7 cm³/mol. The summed E-state index contributed by atoms with van der Waals surface area (Å²) >= 11 is 12.1. The fraction of sp³-hybridized carbons (Fsp3) is 0.214. The van der Waals surface area contributed by atoms with Gasteiger partial charge in [-0.3, -0.25) is 15.3 Å². The molecular formula is C14H13Cl2N5O. The molecule has 22 heavy (non-hydrogen) atoms. The second kappa shape index (κ2) is 5.62. The second-order valence-electron chi connectivity index (χ2n) is 5.09. The van der Waals surface area contributed by atoms with Gasteiger partial charge in [-0.25, -0.2) is 4.90 Å². The van der Waals surface area contributed by atoms with Gasteiger partial charge in [-0.1, -0.05) is 23.2 Å². The zero-order valence-electron chi connectivity index (χ0n) is 11.4. The summed E-state index contributed by atoms with van der Waals surface area (Å²) in [6.07, 6.45) is 3.48. The normalized spacial score (nSPS) is 13.9. The van der Waals surface area contributed by atoms with Gasteiger partial charge in [0.05, 0.1) is 28.2 Å². The van der Waals surface area contributed by atoms with E-state index in [0.717, 1.165) is 23.4 Å². The van der Waals surface area contributed by atoms with E-state index in [1.165, 1.54) is 12.3 Å². The first-order valence-electron chi connectivity index (χ1n) is 6.66. The van der Waals surface area contributed by atoms with Crippen molar-refractivity contribution in [1.29, 1.82) is 5.41 Å². The van der Waals surface area contributed by atoms with Crippen molar-refractivity contribution >= 4 is 40.8 Å². The number of aromatic amines is 1. The summed E-state index contributed by atoms with van der Waals surface area (Å²) in [6.45, 7) is 0. The van der Waals surface area contributed by atoms with Crippen LogP contribution < -0.4 is 10.6 Å². The fourth-order valence-electron chi connectivity index (χ4n) is 2.28. The minimum atomic E-state index is -0.452. The van der Waals surface area contributed by atoms with E-state index in [4.69, 9.17) is 34.3 Å². The van der Waals surface area contributed by atoms with E-state index in [2.05, 4.69) is 10.2 Å². The van der Waals surface area contributed by atoms with Gasteiger partial charge in [0.25, 0.3) is 5.91 Å². The molecule has 0 aliphatic heterocycles. The number of aromatic nitrogens is 2. The molecule has 0 radical (unpaired) electrons. The third-order valence-corrected chi connectivity index (χ3v) is 4.03. The number of nitrogens with one attached hydrogen (secondary N) is 2. The highest BCUT2D eigenvalue weighted by atomic mass is 35.5. The third-order valence-electron chi connectivity index (χ3n) is 3.48. The standard InChI is InChI=1S/C14H13Cl2N5O/c15-8-3-4-10(16)11(5-8)21(14(17)18)13(22)9-6-19-20-12(9)7-1-2-7/h3-7H,1-2H2,(H3,17,18)(H,19,20). The molecule has 1 aliphatic carbocycles. The van der Waals surface area contributed by atoms with Crippen LogP contribution in [0.1, 0.15) is 34.8 Å². The van der Waals surface area contributed by atoms with Gasteiger partial charge in [-0.15, -0.1) is 0 Å². The molecular weight excluding hydrogens is 325 g/mol. The van der Waals surface area contributed by atoms with Crippen LogP contribution in [0.4, 0.5) is 5.69 Å². The molecule has 2 aromatic rings. The van der Waals surface area contributed by atoms with Crippen LogP contribution in [0.5, 0.6) is 0 Å². The molecule has 1 heterocycles. The summed E-state index contributed by atoms with van der Waals surface area (Å²) in [7, 11) is 0. The molecule has 0 atom stereocenters. The number of benzene rings is 1. The number of guanidine groups is 1. The highest BCUT2D eigenvalue weighted by Crippen LogP contribution is 2.41. The molecule has 0 spiro atoms. The zero-order valence-corrected chi connectivity index (χ0v) is 12.9. The van der Waals surface area contributed by atoms with E-state index in [0.29, 0.717) is 16.5 Å². The van der Waals surface area contributed by atoms with Crippen molar-refractivity contribution in [3.63, 3.8) is 0 Å². The third kappa shape index (κ3) is 2.67. The van der Waals surface area contributed by atoms with Crippen LogP contribution >= 0.6 is 23.2 Å². The lowest BCUT2D eigenvalue weighted by Gasteiger charge is -2.22. The maximum Gasteiger partial charge on any atom is 0.268 e. The zero-order chi connectivity index (χ0) is 15.9. The predicted octanol–water partition coefficient (Wildman–Crippen LogP) is 3.13. The summed E-state index contributed by atoms with van der Waals surface area (Å²) < 4.78 is 0. The lowest BCUT2D eigenvalue weighted by atomic mass is 10.1. The van der Waals surface area contributed by atoms with Gasteiger partial charge >= 0.3 is 0 Å². The average molecular weight is 338 g/mol. The van der Waals surface area contributed by atoms with Crippen LogP contribution in [-0.2, 0) is 0 Å². The maximum atomic E-state index is 12.8. The van der Waals surface area contributed by atoms with E-state index < -0.39 is 11.9 Å². The molecule has 1 aromatic heterocycles. The Morgan fingerprint density at radius 2 is 2.14 bits per heavy atom. The summed E-state index contributed by atoms with van der Waals surface area (Å²) in [5.41, 5.74) is 7.03. The van der Waals surface area contributed by atoms with Gasteiger partial charge in [0.15, 0.2) is 5.96 Å². The minimum absolute atomic E-state index is 0.273. The Balaban J connectivity index is 2.04. The number of nitrogens with two attached hydrogens (primary N) is 1. The van der Waals surface area contributed by atoms with Crippen molar-refractivity contribution in [2.24, 2.45) is 5.73 Å². The maximum absolute atomic E-state index is 12.8. The average Bonchev–Trinajstić information content (AvgIpc) is 3.19. The van der Waals surface area contributed by atoms with Crippen LogP contribution in [-0.4, -0.2) is 22.1 Å². The number of hydrogen-bond donors (Lipinski definition) is 3. The fourth-order valence-corrected chi connectivity index (χ4v) is 2.64. The van der Waals surface area contributed by atoms with Crippen LogP contribution in [0.25, 0.3) is 0 Å². The van der Waals surface area contributed by atoms with Crippen molar-refractivity contribution in [2.45, 2.75) is 18.8 Å². The van der Waals surface area contributed by atoms with Crippen molar-refractivity contribution in [1.82, 2.24) is 10.2 Å². The number of amides is 1. The van der Waals surface area contributed by atoms with Crippen LogP contribution in [0.3, 0.4) is 0 Å². The number of carbonyl (C=O) groups is 1. The number of carbonyl (C=O) groups excluding carboxylic acids is 1. The van der Waals surface area contributed by atoms with Crippen molar-refractivity contribution in [3.8, 4) is 0 Å². The van der Waals surface area contributed by atoms with Crippen molar-refractivity contribution in [2.75, 3.05) is 4.90 Å². The highest BCUT2D eigenvalue weighted by molar-refractivity contribution is 6.37. The molecule has 8 heteroatoms. The Morgan fingerprint density at radius 3 is 2.77 bits per heavy atom. The topological polar surface area (TPSA) is 98.9 Å². The second-order valence-corrected chi connectivity index (χ2v) is 5.94. The number of nitrogens with zero attached hydrogens (tertiary/aromatic N) is 2. The largest absolute Gasteiger partial charge is 0.369 e. The quantitative estimate of drug-likeness (QED) is 0.592. The molecule has 1 amide bonds. The Morgan fingerprint density at radius 1 is 1.41 bits per heavy atom. The number of anilines is 1. The van der Waals surface area contributed by atoms with E-state index in [9.17, 15) is 4.79 Å².